The first-order valence-electron chi connectivity index (χ1n) is 11.3. The van der Waals surface area contributed by atoms with Gasteiger partial charge in [0.2, 0.25) is 15.9 Å². The number of hydrogen-bond acceptors (Lipinski definition) is 6. The first-order valence-corrected chi connectivity index (χ1v) is 12.8. The summed E-state index contributed by atoms with van der Waals surface area (Å²) in [5.74, 6) is -1.36. The number of benzene rings is 3. The summed E-state index contributed by atoms with van der Waals surface area (Å²) in [7, 11) is -2.64. The van der Waals surface area contributed by atoms with E-state index in [4.69, 9.17) is 0 Å². The van der Waals surface area contributed by atoms with E-state index in [0.29, 0.717) is 23.2 Å². The van der Waals surface area contributed by atoms with Crippen molar-refractivity contribution < 1.29 is 40.7 Å². The van der Waals surface area contributed by atoms with Gasteiger partial charge in [0.1, 0.15) is 5.75 Å². The Kier molecular flexibility index (Phi) is 9.13. The van der Waals surface area contributed by atoms with Crippen molar-refractivity contribution in [2.45, 2.75) is 31.0 Å². The van der Waals surface area contributed by atoms with Crippen LogP contribution in [0.2, 0.25) is 0 Å². The lowest BCUT2D eigenvalue weighted by atomic mass is 10.1. The third-order valence-corrected chi connectivity index (χ3v) is 6.85. The van der Waals surface area contributed by atoms with Gasteiger partial charge in [0.25, 0.3) is 0 Å². The van der Waals surface area contributed by atoms with Gasteiger partial charge in [-0.25, -0.2) is 17.9 Å². The van der Waals surface area contributed by atoms with E-state index in [-0.39, 0.29) is 35.1 Å². The SMILES string of the molecule is COC(=O)c1cc(S(=O)(=O)NCCc2ccc(NC(=O)Cc3ccc(OC(F)(F)F)cc3)cc2)ccc1C. The molecule has 0 spiro atoms. The molecule has 0 aromatic heterocycles. The van der Waals surface area contributed by atoms with Gasteiger partial charge in [0.15, 0.2) is 0 Å². The lowest BCUT2D eigenvalue weighted by molar-refractivity contribution is -0.274. The van der Waals surface area contributed by atoms with E-state index in [9.17, 15) is 31.2 Å². The Morgan fingerprint density at radius 3 is 2.16 bits per heavy atom. The second-order valence-electron chi connectivity index (χ2n) is 8.23. The number of amides is 1. The molecular weight excluding hydrogens is 525 g/mol. The first-order chi connectivity index (χ1) is 17.9. The minimum Gasteiger partial charge on any atom is -0.465 e. The lowest BCUT2D eigenvalue weighted by Gasteiger charge is -2.11. The third-order valence-electron chi connectivity index (χ3n) is 5.39. The van der Waals surface area contributed by atoms with Crippen LogP contribution < -0.4 is 14.8 Å². The molecule has 12 heteroatoms. The standard InChI is InChI=1S/C26H25F3N2O6S/c1-17-3-12-22(16-23(17)25(33)36-2)38(34,35)30-14-13-18-4-8-20(9-5-18)31-24(32)15-19-6-10-21(11-7-19)37-26(27,28)29/h3-12,16,30H,13-15H2,1-2H3,(H,31,32). The molecule has 0 heterocycles. The fraction of sp³-hybridized carbons (Fsp3) is 0.231. The van der Waals surface area contributed by atoms with Crippen LogP contribution in [0.3, 0.4) is 0 Å². The normalized spacial score (nSPS) is 11.6. The summed E-state index contributed by atoms with van der Waals surface area (Å²) >= 11 is 0. The molecule has 0 aliphatic carbocycles. The first kappa shape index (κ1) is 28.7. The quantitative estimate of drug-likeness (QED) is 0.363. The molecule has 3 aromatic rings. The molecule has 0 aliphatic rings. The van der Waals surface area contributed by atoms with Crippen LogP contribution in [0.5, 0.6) is 5.75 Å². The van der Waals surface area contributed by atoms with Gasteiger partial charge in [0, 0.05) is 12.2 Å². The Hall–Kier alpha value is -3.90. The fourth-order valence-electron chi connectivity index (χ4n) is 3.47. The molecule has 3 aromatic carbocycles. The van der Waals surface area contributed by atoms with E-state index in [0.717, 1.165) is 17.7 Å². The largest absolute Gasteiger partial charge is 0.573 e. The number of sulfonamides is 1. The van der Waals surface area contributed by atoms with E-state index in [1.807, 2.05) is 0 Å². The predicted octanol–water partition coefficient (Wildman–Crippen LogP) is 4.38. The molecule has 0 radical (unpaired) electrons. The molecule has 3 rings (SSSR count). The second-order valence-corrected chi connectivity index (χ2v) is 10.00. The number of esters is 1. The summed E-state index contributed by atoms with van der Waals surface area (Å²) < 4.78 is 73.0. The maximum Gasteiger partial charge on any atom is 0.573 e. The summed E-state index contributed by atoms with van der Waals surface area (Å²) in [6, 6.07) is 16.0. The Bertz CT molecular complexity index is 1390. The minimum atomic E-state index is -4.79. The number of carbonyl (C=O) groups excluding carboxylic acids is 2. The van der Waals surface area contributed by atoms with Crippen molar-refractivity contribution in [2.24, 2.45) is 0 Å². The van der Waals surface area contributed by atoms with E-state index in [2.05, 4.69) is 19.5 Å². The van der Waals surface area contributed by atoms with Crippen molar-refractivity contribution in [2.75, 3.05) is 19.0 Å². The van der Waals surface area contributed by atoms with Gasteiger partial charge in [-0.15, -0.1) is 13.2 Å². The Morgan fingerprint density at radius 1 is 0.921 bits per heavy atom. The molecule has 0 unspecified atom stereocenters. The molecule has 0 saturated carbocycles. The van der Waals surface area contributed by atoms with Crippen molar-refractivity contribution in [1.29, 1.82) is 0 Å². The number of hydrogen-bond donors (Lipinski definition) is 2. The number of anilines is 1. The zero-order valence-corrected chi connectivity index (χ0v) is 21.3. The van der Waals surface area contributed by atoms with E-state index < -0.39 is 22.4 Å². The van der Waals surface area contributed by atoms with E-state index >= 15 is 0 Å². The van der Waals surface area contributed by atoms with Crippen molar-refractivity contribution in [3.8, 4) is 5.75 Å². The van der Waals surface area contributed by atoms with E-state index in [1.54, 1.807) is 31.2 Å². The lowest BCUT2D eigenvalue weighted by Crippen LogP contribution is -2.26. The van der Waals surface area contributed by atoms with Crippen LogP contribution in [-0.4, -0.2) is 40.3 Å². The van der Waals surface area contributed by atoms with Crippen LogP contribution in [0.25, 0.3) is 0 Å². The highest BCUT2D eigenvalue weighted by atomic mass is 32.2. The van der Waals surface area contributed by atoms with Crippen molar-refractivity contribution in [3.05, 3.63) is 89.0 Å². The van der Waals surface area contributed by atoms with Crippen LogP contribution in [0, 0.1) is 6.92 Å². The summed E-state index contributed by atoms with van der Waals surface area (Å²) in [4.78, 5) is 24.1. The number of methoxy groups -OCH3 is 1. The Labute approximate surface area is 217 Å². The van der Waals surface area contributed by atoms with Crippen LogP contribution in [0.4, 0.5) is 18.9 Å². The highest BCUT2D eigenvalue weighted by molar-refractivity contribution is 7.89. The van der Waals surface area contributed by atoms with Gasteiger partial charge < -0.3 is 14.8 Å². The molecule has 202 valence electrons. The zero-order chi connectivity index (χ0) is 27.9. The maximum absolute atomic E-state index is 12.6. The Morgan fingerprint density at radius 2 is 1.55 bits per heavy atom. The number of nitrogens with one attached hydrogen (secondary N) is 2. The number of ether oxygens (including phenoxy) is 2. The number of carbonyl (C=O) groups is 2. The van der Waals surface area contributed by atoms with Gasteiger partial charge >= 0.3 is 12.3 Å². The van der Waals surface area contributed by atoms with Gasteiger partial charge in [-0.2, -0.15) is 0 Å². The van der Waals surface area contributed by atoms with Crippen LogP contribution >= 0.6 is 0 Å². The molecule has 38 heavy (non-hydrogen) atoms. The number of aryl methyl sites for hydroxylation is 1. The van der Waals surface area contributed by atoms with Crippen LogP contribution in [0.1, 0.15) is 27.0 Å². The molecule has 0 saturated heterocycles. The summed E-state index contributed by atoms with van der Waals surface area (Å²) in [6.45, 7) is 1.78. The highest BCUT2D eigenvalue weighted by Gasteiger charge is 2.31. The van der Waals surface area contributed by atoms with E-state index in [1.165, 1.54) is 37.4 Å². The van der Waals surface area contributed by atoms with Crippen LogP contribution in [0.15, 0.2) is 71.6 Å². The predicted molar refractivity (Wildman–Crippen MR) is 133 cm³/mol. The maximum atomic E-state index is 12.6. The van der Waals surface area contributed by atoms with Gasteiger partial charge in [-0.05, 0) is 66.4 Å². The summed E-state index contributed by atoms with van der Waals surface area (Å²) in [5.41, 5.74) is 2.58. The van der Waals surface area contributed by atoms with Gasteiger partial charge in [-0.3, -0.25) is 4.79 Å². The number of rotatable bonds is 10. The topological polar surface area (TPSA) is 111 Å². The van der Waals surface area contributed by atoms with Crippen molar-refractivity contribution in [3.63, 3.8) is 0 Å². The summed E-state index contributed by atoms with van der Waals surface area (Å²) in [5, 5.41) is 2.70. The smallest absolute Gasteiger partial charge is 0.465 e. The van der Waals surface area contributed by atoms with Crippen molar-refractivity contribution in [1.82, 2.24) is 4.72 Å². The van der Waals surface area contributed by atoms with Gasteiger partial charge in [0.05, 0.1) is 24.0 Å². The molecule has 0 bridgehead atoms. The molecule has 8 nitrogen and oxygen atoms in total. The minimum absolute atomic E-state index is 0.0491. The fourth-order valence-corrected chi connectivity index (χ4v) is 4.52. The molecule has 0 aliphatic heterocycles. The third kappa shape index (κ3) is 8.32. The highest BCUT2D eigenvalue weighted by Crippen LogP contribution is 2.23. The zero-order valence-electron chi connectivity index (χ0n) is 20.5. The molecule has 0 atom stereocenters. The van der Waals surface area contributed by atoms with Gasteiger partial charge in [-0.1, -0.05) is 30.3 Å². The number of halogens is 3. The van der Waals surface area contributed by atoms with Crippen LogP contribution in [-0.2, 0) is 32.4 Å². The molecular formula is C26H25F3N2O6S. The second kappa shape index (κ2) is 12.1. The Balaban J connectivity index is 1.50. The van der Waals surface area contributed by atoms with Crippen molar-refractivity contribution >= 4 is 27.6 Å². The molecule has 0 fully saturated rings. The average molecular weight is 551 g/mol. The monoisotopic (exact) mass is 550 g/mol. The molecule has 1 amide bonds. The summed E-state index contributed by atoms with van der Waals surface area (Å²) in [6.07, 6.45) is -4.46. The average Bonchev–Trinajstić information content (AvgIpc) is 2.85. The molecule has 2 N–H and O–H groups in total. The number of alkyl halides is 3.